The summed E-state index contributed by atoms with van der Waals surface area (Å²) in [7, 11) is 0. The Morgan fingerprint density at radius 1 is 1.00 bits per heavy atom. The van der Waals surface area contributed by atoms with Crippen LogP contribution in [0.5, 0.6) is 5.75 Å². The molecule has 1 heterocycles. The maximum atomic E-state index is 12.5. The molecule has 0 aliphatic carbocycles. The fourth-order valence-electron chi connectivity index (χ4n) is 3.43. The Hall–Kier alpha value is -2.07. The van der Waals surface area contributed by atoms with Gasteiger partial charge in [-0.2, -0.15) is 0 Å². The average molecular weight is 432 g/mol. The van der Waals surface area contributed by atoms with Crippen LogP contribution in [-0.2, 0) is 13.1 Å². The van der Waals surface area contributed by atoms with E-state index in [-0.39, 0.29) is 5.91 Å². The molecule has 0 saturated heterocycles. The van der Waals surface area contributed by atoms with Crippen molar-refractivity contribution in [2.75, 3.05) is 6.61 Å². The first kappa shape index (κ1) is 24.2. The van der Waals surface area contributed by atoms with Crippen molar-refractivity contribution in [3.63, 3.8) is 0 Å². The second-order valence-electron chi connectivity index (χ2n) is 7.63. The minimum atomic E-state index is -0.141. The molecule has 4 nitrogen and oxygen atoms in total. The highest BCUT2D eigenvalue weighted by atomic mass is 35.5. The van der Waals surface area contributed by atoms with Crippen LogP contribution in [0.2, 0.25) is 5.02 Å². The predicted octanol–water partition coefficient (Wildman–Crippen LogP) is 6.10. The highest BCUT2D eigenvalue weighted by molar-refractivity contribution is 6.32. The van der Waals surface area contributed by atoms with Gasteiger partial charge in [0, 0.05) is 17.7 Å². The third-order valence-electron chi connectivity index (χ3n) is 5.25. The van der Waals surface area contributed by atoms with Crippen LogP contribution >= 0.6 is 11.6 Å². The molecule has 0 fully saturated rings. The standard InChI is InChI=1S/C25H35ClN2O2/c1-3-5-6-7-8-9-10-13-18-30-24-16-15-21(19-23(24)26)25(29)27-20-22-14-11-12-17-28(22)4-2/h11-12,14-17,19H,3-10,13,18,20H2,1-2H3/p+1. The van der Waals surface area contributed by atoms with Crippen molar-refractivity contribution in [2.24, 2.45) is 0 Å². The summed E-state index contributed by atoms with van der Waals surface area (Å²) in [6.07, 6.45) is 12.1. The topological polar surface area (TPSA) is 42.2 Å². The zero-order valence-corrected chi connectivity index (χ0v) is 19.2. The fraction of sp³-hybridized carbons (Fsp3) is 0.520. The summed E-state index contributed by atoms with van der Waals surface area (Å²) in [5, 5.41) is 3.44. The molecule has 0 unspecified atom stereocenters. The van der Waals surface area contributed by atoms with Gasteiger partial charge in [-0.25, -0.2) is 4.57 Å². The number of nitrogens with zero attached hydrogens (tertiary/aromatic N) is 1. The molecule has 1 aromatic heterocycles. The Bertz CT molecular complexity index is 779. The number of carbonyl (C=O) groups excluding carboxylic acids is 1. The molecular weight excluding hydrogens is 396 g/mol. The number of benzene rings is 1. The van der Waals surface area contributed by atoms with Crippen molar-refractivity contribution >= 4 is 17.5 Å². The van der Waals surface area contributed by atoms with Gasteiger partial charge in [-0.1, -0.05) is 69.5 Å². The summed E-state index contributed by atoms with van der Waals surface area (Å²) in [5.74, 6) is 0.501. The van der Waals surface area contributed by atoms with Crippen LogP contribution < -0.4 is 14.6 Å². The highest BCUT2D eigenvalue weighted by Crippen LogP contribution is 2.26. The molecule has 2 rings (SSSR count). The molecule has 0 atom stereocenters. The number of halogens is 1. The second-order valence-corrected chi connectivity index (χ2v) is 8.04. The van der Waals surface area contributed by atoms with Crippen molar-refractivity contribution < 1.29 is 14.1 Å². The first-order valence-corrected chi connectivity index (χ1v) is 11.7. The minimum Gasteiger partial charge on any atom is -0.492 e. The fourth-order valence-corrected chi connectivity index (χ4v) is 3.67. The van der Waals surface area contributed by atoms with Crippen LogP contribution in [0, 0.1) is 0 Å². The van der Waals surface area contributed by atoms with Gasteiger partial charge in [0.15, 0.2) is 6.20 Å². The van der Waals surface area contributed by atoms with E-state index in [9.17, 15) is 4.79 Å². The number of rotatable bonds is 14. The molecule has 1 aromatic carbocycles. The van der Waals surface area contributed by atoms with Gasteiger partial charge in [-0.15, -0.1) is 0 Å². The largest absolute Gasteiger partial charge is 0.492 e. The molecule has 0 bridgehead atoms. The summed E-state index contributed by atoms with van der Waals surface area (Å²) >= 11 is 6.34. The molecule has 0 saturated carbocycles. The summed E-state index contributed by atoms with van der Waals surface area (Å²) in [6, 6.07) is 11.2. The van der Waals surface area contributed by atoms with Gasteiger partial charge < -0.3 is 10.1 Å². The average Bonchev–Trinajstić information content (AvgIpc) is 2.77. The van der Waals surface area contributed by atoms with Crippen LogP contribution in [0.25, 0.3) is 0 Å². The zero-order valence-electron chi connectivity index (χ0n) is 18.5. The maximum absolute atomic E-state index is 12.5. The highest BCUT2D eigenvalue weighted by Gasteiger charge is 2.12. The number of hydrogen-bond acceptors (Lipinski definition) is 2. The van der Waals surface area contributed by atoms with Gasteiger partial charge in [0.05, 0.1) is 11.6 Å². The summed E-state index contributed by atoms with van der Waals surface area (Å²) < 4.78 is 7.92. The van der Waals surface area contributed by atoms with E-state index in [2.05, 4.69) is 23.7 Å². The first-order chi connectivity index (χ1) is 14.7. The Labute approximate surface area is 186 Å². The number of carbonyl (C=O) groups is 1. The van der Waals surface area contributed by atoms with E-state index in [4.69, 9.17) is 16.3 Å². The molecule has 0 aliphatic heterocycles. The summed E-state index contributed by atoms with van der Waals surface area (Å²) in [5.41, 5.74) is 1.60. The predicted molar refractivity (Wildman–Crippen MR) is 123 cm³/mol. The Kier molecular flexibility index (Phi) is 11.3. The molecule has 0 spiro atoms. The third-order valence-corrected chi connectivity index (χ3v) is 5.55. The normalized spacial score (nSPS) is 10.8. The number of pyridine rings is 1. The number of hydrogen-bond donors (Lipinski definition) is 1. The van der Waals surface area contributed by atoms with E-state index < -0.39 is 0 Å². The molecular formula is C25H36ClN2O2+. The van der Waals surface area contributed by atoms with E-state index in [0.717, 1.165) is 18.7 Å². The van der Waals surface area contributed by atoms with Crippen molar-refractivity contribution in [3.05, 3.63) is 58.9 Å². The van der Waals surface area contributed by atoms with E-state index in [0.29, 0.717) is 29.5 Å². The number of amides is 1. The Morgan fingerprint density at radius 3 is 2.43 bits per heavy atom. The lowest BCUT2D eigenvalue weighted by molar-refractivity contribution is -0.701. The molecule has 1 amide bonds. The minimum absolute atomic E-state index is 0.141. The smallest absolute Gasteiger partial charge is 0.251 e. The molecule has 164 valence electrons. The summed E-state index contributed by atoms with van der Waals surface area (Å²) in [4.78, 5) is 12.5. The Morgan fingerprint density at radius 2 is 1.73 bits per heavy atom. The van der Waals surface area contributed by atoms with Crippen LogP contribution in [-0.4, -0.2) is 12.5 Å². The molecule has 1 N–H and O–H groups in total. The number of nitrogens with one attached hydrogen (secondary N) is 1. The van der Waals surface area contributed by atoms with E-state index >= 15 is 0 Å². The van der Waals surface area contributed by atoms with Crippen molar-refractivity contribution in [3.8, 4) is 5.75 Å². The van der Waals surface area contributed by atoms with E-state index in [1.807, 2.05) is 24.4 Å². The van der Waals surface area contributed by atoms with Crippen molar-refractivity contribution in [1.82, 2.24) is 5.32 Å². The second kappa shape index (κ2) is 14.0. The van der Waals surface area contributed by atoms with Gasteiger partial charge in [0.2, 0.25) is 5.69 Å². The maximum Gasteiger partial charge on any atom is 0.251 e. The number of aryl methyl sites for hydroxylation is 1. The number of aromatic nitrogens is 1. The molecule has 2 aromatic rings. The summed E-state index contributed by atoms with van der Waals surface area (Å²) in [6.45, 7) is 6.32. The van der Waals surface area contributed by atoms with Crippen LogP contribution in [0.3, 0.4) is 0 Å². The number of unbranched alkanes of at least 4 members (excludes halogenated alkanes) is 7. The van der Waals surface area contributed by atoms with Crippen LogP contribution in [0.15, 0.2) is 42.6 Å². The van der Waals surface area contributed by atoms with Crippen LogP contribution in [0.4, 0.5) is 0 Å². The van der Waals surface area contributed by atoms with Gasteiger partial charge in [0.25, 0.3) is 5.91 Å². The molecule has 0 aliphatic rings. The lowest BCUT2D eigenvalue weighted by Gasteiger charge is -2.10. The lowest BCUT2D eigenvalue weighted by Crippen LogP contribution is -2.39. The third kappa shape index (κ3) is 8.35. The number of ether oxygens (including phenoxy) is 1. The monoisotopic (exact) mass is 431 g/mol. The SMILES string of the molecule is CCCCCCCCCCOc1ccc(C(=O)NCc2cccc[n+]2CC)cc1Cl. The zero-order chi connectivity index (χ0) is 21.6. The Balaban J connectivity index is 1.73. The van der Waals surface area contributed by atoms with E-state index in [1.165, 1.54) is 44.9 Å². The van der Waals surface area contributed by atoms with Gasteiger partial charge in [0.1, 0.15) is 18.8 Å². The quantitative estimate of drug-likeness (QED) is 0.290. The van der Waals surface area contributed by atoms with Crippen LogP contribution in [0.1, 0.15) is 81.3 Å². The van der Waals surface area contributed by atoms with Gasteiger partial charge >= 0.3 is 0 Å². The van der Waals surface area contributed by atoms with Crippen molar-refractivity contribution in [2.45, 2.75) is 78.3 Å². The van der Waals surface area contributed by atoms with Gasteiger partial charge in [-0.05, 0) is 31.5 Å². The molecule has 30 heavy (non-hydrogen) atoms. The lowest BCUT2D eigenvalue weighted by atomic mass is 10.1. The van der Waals surface area contributed by atoms with Crippen molar-refractivity contribution in [1.29, 1.82) is 0 Å². The van der Waals surface area contributed by atoms with E-state index in [1.54, 1.807) is 18.2 Å². The molecule has 0 radical (unpaired) electrons. The first-order valence-electron chi connectivity index (χ1n) is 11.3. The van der Waals surface area contributed by atoms with Gasteiger partial charge in [-0.3, -0.25) is 4.79 Å². The molecule has 5 heteroatoms.